The Bertz CT molecular complexity index is 438. The van der Waals surface area contributed by atoms with Crippen molar-refractivity contribution in [1.82, 2.24) is 9.97 Å². The summed E-state index contributed by atoms with van der Waals surface area (Å²) in [4.78, 5) is 8.68. The Morgan fingerprint density at radius 1 is 1.19 bits per heavy atom. The fraction of sp³-hybridized carbons (Fsp3) is 0.692. The van der Waals surface area contributed by atoms with E-state index < -0.39 is 12.8 Å². The lowest BCUT2D eigenvalue weighted by Crippen LogP contribution is -2.20. The zero-order valence-electron chi connectivity index (χ0n) is 12.4. The molecule has 0 fully saturated rings. The molecule has 1 aromatic heterocycles. The minimum absolute atomic E-state index is 0.0446. The van der Waals surface area contributed by atoms with Crippen LogP contribution < -0.4 is 10.6 Å². The SMILES string of the molecule is CCNc1cc(NCCOCC(F)(F)F)nc(C(C)C)n1. The van der Waals surface area contributed by atoms with Gasteiger partial charge in [-0.3, -0.25) is 0 Å². The van der Waals surface area contributed by atoms with Crippen molar-refractivity contribution in [3.8, 4) is 0 Å². The number of hydrogen-bond acceptors (Lipinski definition) is 5. The van der Waals surface area contributed by atoms with Crippen LogP contribution in [0.25, 0.3) is 0 Å². The number of aromatic nitrogens is 2. The number of ether oxygens (including phenoxy) is 1. The van der Waals surface area contributed by atoms with Crippen LogP contribution in [0.15, 0.2) is 6.07 Å². The fourth-order valence-electron chi connectivity index (χ4n) is 1.53. The van der Waals surface area contributed by atoms with Crippen LogP contribution >= 0.6 is 0 Å². The molecule has 0 amide bonds. The number of hydrogen-bond donors (Lipinski definition) is 2. The maximum atomic E-state index is 11.9. The van der Waals surface area contributed by atoms with E-state index in [1.165, 1.54) is 0 Å². The van der Waals surface area contributed by atoms with E-state index in [0.29, 0.717) is 17.5 Å². The van der Waals surface area contributed by atoms with Gasteiger partial charge in [0, 0.05) is 25.1 Å². The average Bonchev–Trinajstić information content (AvgIpc) is 2.37. The molecule has 21 heavy (non-hydrogen) atoms. The van der Waals surface area contributed by atoms with E-state index in [1.54, 1.807) is 6.07 Å². The van der Waals surface area contributed by atoms with Crippen LogP contribution in [0.2, 0.25) is 0 Å². The molecule has 0 atom stereocenters. The summed E-state index contributed by atoms with van der Waals surface area (Å²) in [5.41, 5.74) is 0. The van der Waals surface area contributed by atoms with Crippen molar-refractivity contribution in [3.63, 3.8) is 0 Å². The second-order valence-corrected chi connectivity index (χ2v) is 4.78. The lowest BCUT2D eigenvalue weighted by molar-refractivity contribution is -0.172. The first-order valence-electron chi connectivity index (χ1n) is 6.83. The highest BCUT2D eigenvalue weighted by Crippen LogP contribution is 2.17. The van der Waals surface area contributed by atoms with Gasteiger partial charge in [-0.15, -0.1) is 0 Å². The molecule has 0 saturated heterocycles. The third kappa shape index (κ3) is 7.12. The first-order valence-corrected chi connectivity index (χ1v) is 6.83. The van der Waals surface area contributed by atoms with Crippen molar-refractivity contribution < 1.29 is 17.9 Å². The molecule has 5 nitrogen and oxygen atoms in total. The number of rotatable bonds is 8. The van der Waals surface area contributed by atoms with Crippen LogP contribution in [-0.2, 0) is 4.74 Å². The molecule has 0 radical (unpaired) electrons. The van der Waals surface area contributed by atoms with Crippen LogP contribution in [0.3, 0.4) is 0 Å². The van der Waals surface area contributed by atoms with E-state index in [4.69, 9.17) is 0 Å². The molecule has 1 aromatic rings. The van der Waals surface area contributed by atoms with Crippen LogP contribution in [0, 0.1) is 0 Å². The van der Waals surface area contributed by atoms with Gasteiger partial charge in [0.1, 0.15) is 24.1 Å². The monoisotopic (exact) mass is 306 g/mol. The third-order valence-electron chi connectivity index (χ3n) is 2.44. The van der Waals surface area contributed by atoms with Gasteiger partial charge in [0.25, 0.3) is 0 Å². The Morgan fingerprint density at radius 2 is 1.81 bits per heavy atom. The minimum Gasteiger partial charge on any atom is -0.370 e. The average molecular weight is 306 g/mol. The smallest absolute Gasteiger partial charge is 0.370 e. The van der Waals surface area contributed by atoms with Gasteiger partial charge in [-0.1, -0.05) is 13.8 Å². The van der Waals surface area contributed by atoms with Crippen LogP contribution in [0.1, 0.15) is 32.5 Å². The molecule has 0 aromatic carbocycles. The summed E-state index contributed by atoms with van der Waals surface area (Å²) in [7, 11) is 0. The lowest BCUT2D eigenvalue weighted by Gasteiger charge is -2.12. The van der Waals surface area contributed by atoms with E-state index >= 15 is 0 Å². The maximum Gasteiger partial charge on any atom is 0.411 e. The fourth-order valence-corrected chi connectivity index (χ4v) is 1.53. The van der Waals surface area contributed by atoms with Gasteiger partial charge in [-0.05, 0) is 6.92 Å². The minimum atomic E-state index is -4.29. The van der Waals surface area contributed by atoms with Gasteiger partial charge >= 0.3 is 6.18 Å². The molecule has 0 unspecified atom stereocenters. The van der Waals surface area contributed by atoms with Crippen molar-refractivity contribution in [1.29, 1.82) is 0 Å². The Hall–Kier alpha value is -1.57. The summed E-state index contributed by atoms with van der Waals surface area (Å²) in [6.45, 7) is 5.59. The Morgan fingerprint density at radius 3 is 2.33 bits per heavy atom. The Kier molecular flexibility index (Phi) is 6.67. The van der Waals surface area contributed by atoms with Crippen molar-refractivity contribution in [2.45, 2.75) is 32.9 Å². The summed E-state index contributed by atoms with van der Waals surface area (Å²) in [6, 6.07) is 1.72. The Labute approximate surface area is 122 Å². The Balaban J connectivity index is 2.53. The second kappa shape index (κ2) is 8.02. The quantitative estimate of drug-likeness (QED) is 0.723. The highest BCUT2D eigenvalue weighted by molar-refractivity contribution is 5.47. The normalized spacial score (nSPS) is 11.8. The molecular formula is C13H21F3N4O. The van der Waals surface area contributed by atoms with E-state index in [1.807, 2.05) is 20.8 Å². The highest BCUT2D eigenvalue weighted by atomic mass is 19.4. The standard InChI is InChI=1S/C13H21F3N4O/c1-4-17-10-7-11(20-12(19-10)9(2)3)18-5-6-21-8-13(14,15)16/h7,9H,4-6,8H2,1-3H3,(H2,17,18,19,20). The number of halogens is 3. The number of nitrogens with one attached hydrogen (secondary N) is 2. The number of anilines is 2. The predicted molar refractivity (Wildman–Crippen MR) is 75.6 cm³/mol. The van der Waals surface area contributed by atoms with Gasteiger partial charge in [0.2, 0.25) is 0 Å². The van der Waals surface area contributed by atoms with Crippen LogP contribution in [0.4, 0.5) is 24.8 Å². The molecule has 0 saturated carbocycles. The number of nitrogens with zero attached hydrogens (tertiary/aromatic N) is 2. The third-order valence-corrected chi connectivity index (χ3v) is 2.44. The molecule has 2 N–H and O–H groups in total. The molecule has 1 heterocycles. The topological polar surface area (TPSA) is 59.1 Å². The summed E-state index contributed by atoms with van der Waals surface area (Å²) in [5.74, 6) is 2.09. The lowest BCUT2D eigenvalue weighted by atomic mass is 10.2. The van der Waals surface area contributed by atoms with E-state index in [2.05, 4.69) is 25.3 Å². The molecule has 1 rings (SSSR count). The van der Waals surface area contributed by atoms with E-state index in [0.717, 1.165) is 6.54 Å². The first kappa shape index (κ1) is 17.5. The predicted octanol–water partition coefficient (Wildman–Crippen LogP) is 3.02. The number of alkyl halides is 3. The van der Waals surface area contributed by atoms with Crippen molar-refractivity contribution in [2.75, 3.05) is 36.9 Å². The summed E-state index contributed by atoms with van der Waals surface area (Å²) < 4.78 is 40.3. The molecule has 0 aliphatic heterocycles. The molecule has 0 spiro atoms. The maximum absolute atomic E-state index is 11.9. The zero-order chi connectivity index (χ0) is 15.9. The molecule has 0 aliphatic carbocycles. The van der Waals surface area contributed by atoms with Crippen LogP contribution in [-0.4, -0.2) is 42.4 Å². The van der Waals surface area contributed by atoms with Crippen LogP contribution in [0.5, 0.6) is 0 Å². The second-order valence-electron chi connectivity index (χ2n) is 4.78. The molecular weight excluding hydrogens is 285 g/mol. The highest BCUT2D eigenvalue weighted by Gasteiger charge is 2.27. The zero-order valence-corrected chi connectivity index (χ0v) is 12.4. The molecule has 120 valence electrons. The van der Waals surface area contributed by atoms with Crippen molar-refractivity contribution in [3.05, 3.63) is 11.9 Å². The van der Waals surface area contributed by atoms with Gasteiger partial charge in [-0.25, -0.2) is 9.97 Å². The summed E-state index contributed by atoms with van der Waals surface area (Å²) in [6.07, 6.45) is -4.29. The molecule has 0 bridgehead atoms. The van der Waals surface area contributed by atoms with Gasteiger partial charge in [0.15, 0.2) is 0 Å². The molecule has 0 aliphatic rings. The summed E-state index contributed by atoms with van der Waals surface area (Å²) >= 11 is 0. The van der Waals surface area contributed by atoms with Gasteiger partial charge < -0.3 is 15.4 Å². The molecule has 8 heteroatoms. The van der Waals surface area contributed by atoms with Crippen molar-refractivity contribution >= 4 is 11.6 Å². The largest absolute Gasteiger partial charge is 0.411 e. The van der Waals surface area contributed by atoms with Gasteiger partial charge in [-0.2, -0.15) is 13.2 Å². The van der Waals surface area contributed by atoms with E-state index in [9.17, 15) is 13.2 Å². The summed E-state index contributed by atoms with van der Waals surface area (Å²) in [5, 5.41) is 6.04. The van der Waals surface area contributed by atoms with E-state index in [-0.39, 0.29) is 19.1 Å². The first-order chi connectivity index (χ1) is 9.81. The van der Waals surface area contributed by atoms with Gasteiger partial charge in [0.05, 0.1) is 6.61 Å². The van der Waals surface area contributed by atoms with Crippen molar-refractivity contribution in [2.24, 2.45) is 0 Å².